The molecule has 2 aromatic rings. The highest BCUT2D eigenvalue weighted by Crippen LogP contribution is 2.42. The lowest BCUT2D eigenvalue weighted by Crippen LogP contribution is -2.16. The lowest BCUT2D eigenvalue weighted by atomic mass is 10.0. The van der Waals surface area contributed by atoms with Crippen molar-refractivity contribution in [3.63, 3.8) is 0 Å². The van der Waals surface area contributed by atoms with E-state index in [1.165, 1.54) is 12.1 Å². The van der Waals surface area contributed by atoms with Gasteiger partial charge in [-0.15, -0.1) is 11.3 Å². The Balaban J connectivity index is 2.61. The fraction of sp³-hybridized carbons (Fsp3) is 0.167. The number of benzene rings is 1. The van der Waals surface area contributed by atoms with Crippen molar-refractivity contribution in [1.82, 2.24) is 0 Å². The van der Waals surface area contributed by atoms with E-state index in [1.54, 1.807) is 0 Å². The standard InChI is InChI=1S/C12H5F6S/c13-11(14,15)8-4-3-7(10-2-1-5-19-10)6-9(8)12(16,17)18/h1-4,6H. The van der Waals surface area contributed by atoms with Gasteiger partial charge in [-0.1, -0.05) is 6.07 Å². The van der Waals surface area contributed by atoms with Gasteiger partial charge in [0.2, 0.25) is 0 Å². The second kappa shape index (κ2) is 4.56. The predicted octanol–water partition coefficient (Wildman–Crippen LogP) is 5.25. The van der Waals surface area contributed by atoms with Crippen LogP contribution in [0.25, 0.3) is 10.4 Å². The topological polar surface area (TPSA) is 0 Å². The van der Waals surface area contributed by atoms with E-state index >= 15 is 0 Å². The Kier molecular flexibility index (Phi) is 3.34. The third kappa shape index (κ3) is 2.91. The Morgan fingerprint density at radius 3 is 1.95 bits per heavy atom. The Labute approximate surface area is 108 Å². The lowest BCUT2D eigenvalue weighted by Gasteiger charge is -2.16. The molecule has 0 saturated carbocycles. The van der Waals surface area contributed by atoms with Crippen LogP contribution in [0.4, 0.5) is 26.3 Å². The fourth-order valence-electron chi connectivity index (χ4n) is 1.58. The molecule has 19 heavy (non-hydrogen) atoms. The van der Waals surface area contributed by atoms with Crippen molar-refractivity contribution >= 4 is 11.3 Å². The number of alkyl halides is 6. The number of hydrogen-bond donors (Lipinski definition) is 0. The molecule has 1 radical (unpaired) electrons. The van der Waals surface area contributed by atoms with Gasteiger partial charge in [0.25, 0.3) is 0 Å². The molecule has 1 heterocycles. The highest BCUT2D eigenvalue weighted by atomic mass is 32.1. The molecule has 0 atom stereocenters. The third-order valence-corrected chi connectivity index (χ3v) is 3.23. The van der Waals surface area contributed by atoms with Crippen LogP contribution >= 0.6 is 11.3 Å². The van der Waals surface area contributed by atoms with Gasteiger partial charge in [0.1, 0.15) is 0 Å². The average Bonchev–Trinajstić information content (AvgIpc) is 2.79. The zero-order chi connectivity index (χ0) is 14.3. The van der Waals surface area contributed by atoms with Crippen LogP contribution in [0, 0.1) is 5.38 Å². The van der Waals surface area contributed by atoms with Gasteiger partial charge in [-0.25, -0.2) is 0 Å². The van der Waals surface area contributed by atoms with Crippen LogP contribution in [0.5, 0.6) is 0 Å². The fourth-order valence-corrected chi connectivity index (χ4v) is 2.22. The van der Waals surface area contributed by atoms with Gasteiger partial charge in [0, 0.05) is 10.3 Å². The molecule has 0 bridgehead atoms. The maximum atomic E-state index is 12.7. The number of halogens is 6. The first-order valence-electron chi connectivity index (χ1n) is 4.94. The van der Waals surface area contributed by atoms with Crippen molar-refractivity contribution in [3.05, 3.63) is 46.8 Å². The van der Waals surface area contributed by atoms with E-state index in [0.29, 0.717) is 17.0 Å². The quantitative estimate of drug-likeness (QED) is 0.630. The Hall–Kier alpha value is -1.50. The molecule has 7 heteroatoms. The molecule has 2 rings (SSSR count). The number of hydrogen-bond acceptors (Lipinski definition) is 1. The molecule has 0 saturated heterocycles. The Morgan fingerprint density at radius 1 is 0.842 bits per heavy atom. The average molecular weight is 295 g/mol. The number of thiophene rings is 1. The normalized spacial score (nSPS) is 12.7. The molecule has 101 valence electrons. The summed E-state index contributed by atoms with van der Waals surface area (Å²) in [5.74, 6) is 0. The minimum Gasteiger partial charge on any atom is -0.166 e. The maximum Gasteiger partial charge on any atom is 0.417 e. The summed E-state index contributed by atoms with van der Waals surface area (Å²) in [5, 5.41) is 2.67. The molecule has 0 fully saturated rings. The largest absolute Gasteiger partial charge is 0.417 e. The predicted molar refractivity (Wildman–Crippen MR) is 58.6 cm³/mol. The van der Waals surface area contributed by atoms with Crippen LogP contribution in [0.15, 0.2) is 30.3 Å². The van der Waals surface area contributed by atoms with Gasteiger partial charge in [-0.3, -0.25) is 0 Å². The van der Waals surface area contributed by atoms with E-state index in [2.05, 4.69) is 5.38 Å². The molecular weight excluding hydrogens is 290 g/mol. The van der Waals surface area contributed by atoms with Crippen molar-refractivity contribution in [3.8, 4) is 10.4 Å². The van der Waals surface area contributed by atoms with Crippen LogP contribution < -0.4 is 0 Å². The van der Waals surface area contributed by atoms with Crippen molar-refractivity contribution in [1.29, 1.82) is 0 Å². The summed E-state index contributed by atoms with van der Waals surface area (Å²) < 4.78 is 75.7. The SMILES string of the molecule is FC(F)(F)c1ccc(-c2cc[c]s2)cc1C(F)(F)F. The molecule has 0 nitrogen and oxygen atoms in total. The molecule has 1 aromatic carbocycles. The van der Waals surface area contributed by atoms with E-state index in [0.717, 1.165) is 17.4 Å². The summed E-state index contributed by atoms with van der Waals surface area (Å²) >= 11 is 1.04. The summed E-state index contributed by atoms with van der Waals surface area (Å²) in [6, 6.07) is 4.98. The highest BCUT2D eigenvalue weighted by Gasteiger charge is 2.43. The van der Waals surface area contributed by atoms with Gasteiger partial charge in [0.05, 0.1) is 11.1 Å². The summed E-state index contributed by atoms with van der Waals surface area (Å²) in [5.41, 5.74) is -3.26. The van der Waals surface area contributed by atoms with Crippen molar-refractivity contribution < 1.29 is 26.3 Å². The van der Waals surface area contributed by atoms with E-state index < -0.39 is 23.5 Å². The monoisotopic (exact) mass is 295 g/mol. The molecule has 1 aromatic heterocycles. The van der Waals surface area contributed by atoms with E-state index in [4.69, 9.17) is 0 Å². The Morgan fingerprint density at radius 2 is 1.47 bits per heavy atom. The van der Waals surface area contributed by atoms with E-state index in [9.17, 15) is 26.3 Å². The van der Waals surface area contributed by atoms with Crippen LogP contribution in [0.1, 0.15) is 11.1 Å². The first-order chi connectivity index (χ1) is 8.69. The molecule has 0 amide bonds. The van der Waals surface area contributed by atoms with E-state index in [1.807, 2.05) is 0 Å². The molecule has 0 aliphatic carbocycles. The van der Waals surface area contributed by atoms with Crippen LogP contribution in [-0.4, -0.2) is 0 Å². The smallest absolute Gasteiger partial charge is 0.166 e. The summed E-state index contributed by atoms with van der Waals surface area (Å²) in [6.45, 7) is 0. The van der Waals surface area contributed by atoms with Crippen LogP contribution in [0.3, 0.4) is 0 Å². The van der Waals surface area contributed by atoms with Gasteiger partial charge in [-0.2, -0.15) is 26.3 Å². The highest BCUT2D eigenvalue weighted by molar-refractivity contribution is 7.13. The zero-order valence-corrected chi connectivity index (χ0v) is 9.88. The second-order valence-corrected chi connectivity index (χ2v) is 4.55. The van der Waals surface area contributed by atoms with Crippen LogP contribution in [-0.2, 0) is 12.4 Å². The molecule has 0 spiro atoms. The maximum absolute atomic E-state index is 12.7. The molecule has 0 aliphatic heterocycles. The first-order valence-corrected chi connectivity index (χ1v) is 5.76. The molecular formula is C12H5F6S. The van der Waals surface area contributed by atoms with Crippen molar-refractivity contribution in [2.75, 3.05) is 0 Å². The van der Waals surface area contributed by atoms with Crippen molar-refractivity contribution in [2.45, 2.75) is 12.4 Å². The zero-order valence-electron chi connectivity index (χ0n) is 9.06. The van der Waals surface area contributed by atoms with Crippen LogP contribution in [0.2, 0.25) is 0 Å². The minimum absolute atomic E-state index is 0.0894. The summed E-state index contributed by atoms with van der Waals surface area (Å²) in [4.78, 5) is 0.430. The van der Waals surface area contributed by atoms with Gasteiger partial charge in [0.15, 0.2) is 0 Å². The lowest BCUT2D eigenvalue weighted by molar-refractivity contribution is -0.162. The summed E-state index contributed by atoms with van der Waals surface area (Å²) in [7, 11) is 0. The third-order valence-electron chi connectivity index (χ3n) is 2.39. The first kappa shape index (κ1) is 13.9. The second-order valence-electron chi connectivity index (χ2n) is 3.67. The van der Waals surface area contributed by atoms with Gasteiger partial charge < -0.3 is 0 Å². The van der Waals surface area contributed by atoms with Gasteiger partial charge >= 0.3 is 12.4 Å². The minimum atomic E-state index is -5.05. The Bertz CT molecular complexity index is 565. The molecule has 0 N–H and O–H groups in total. The molecule has 0 aliphatic rings. The van der Waals surface area contributed by atoms with Gasteiger partial charge in [-0.05, 0) is 29.8 Å². The van der Waals surface area contributed by atoms with Crippen molar-refractivity contribution in [2.24, 2.45) is 0 Å². The number of rotatable bonds is 1. The summed E-state index contributed by atoms with van der Waals surface area (Å²) in [6.07, 6.45) is -10.1. The van der Waals surface area contributed by atoms with E-state index in [-0.39, 0.29) is 5.56 Å². The molecule has 0 unspecified atom stereocenters.